The Morgan fingerprint density at radius 2 is 1.50 bits per heavy atom. The van der Waals surface area contributed by atoms with E-state index in [1.54, 1.807) is 12.1 Å². The Kier molecular flexibility index (Phi) is 3.51. The summed E-state index contributed by atoms with van der Waals surface area (Å²) in [7, 11) is -3.69. The van der Waals surface area contributed by atoms with Crippen LogP contribution in [-0.4, -0.2) is 12.4 Å². The van der Waals surface area contributed by atoms with Crippen LogP contribution >= 0.6 is 15.9 Å². The second kappa shape index (κ2) is 5.46. The molecular weight excluding hydrogens is 386 g/mol. The molecule has 0 aliphatic carbocycles. The van der Waals surface area contributed by atoms with E-state index in [1.165, 1.54) is 3.97 Å². The first kappa shape index (κ1) is 15.4. The number of benzene rings is 3. The Balaban J connectivity index is 2.16. The van der Waals surface area contributed by atoms with Crippen molar-refractivity contribution >= 4 is 47.8 Å². The highest BCUT2D eigenvalue weighted by molar-refractivity contribution is 9.10. The maximum Gasteiger partial charge on any atom is 0.268 e. The van der Waals surface area contributed by atoms with Gasteiger partial charge in [0.1, 0.15) is 0 Å². The highest BCUT2D eigenvalue weighted by atomic mass is 79.9. The number of halogens is 1. The van der Waals surface area contributed by atoms with Crippen LogP contribution < -0.4 is 0 Å². The van der Waals surface area contributed by atoms with Crippen LogP contribution in [0.2, 0.25) is 0 Å². The van der Waals surface area contributed by atoms with Gasteiger partial charge in [-0.3, -0.25) is 0 Å². The number of rotatable bonds is 2. The van der Waals surface area contributed by atoms with Crippen molar-refractivity contribution in [2.75, 3.05) is 0 Å². The van der Waals surface area contributed by atoms with Gasteiger partial charge in [-0.2, -0.15) is 0 Å². The number of hydrogen-bond acceptors (Lipinski definition) is 2. The summed E-state index contributed by atoms with van der Waals surface area (Å²) in [6.07, 6.45) is 0. The van der Waals surface area contributed by atoms with Crippen LogP contribution in [0.3, 0.4) is 0 Å². The van der Waals surface area contributed by atoms with E-state index >= 15 is 0 Å². The molecule has 0 radical (unpaired) electrons. The number of aromatic nitrogens is 1. The molecule has 0 N–H and O–H groups in total. The summed E-state index contributed by atoms with van der Waals surface area (Å²) in [5, 5.41) is 1.82. The summed E-state index contributed by atoms with van der Waals surface area (Å²) < 4.78 is 28.9. The topological polar surface area (TPSA) is 39.1 Å². The van der Waals surface area contributed by atoms with Gasteiger partial charge in [-0.15, -0.1) is 0 Å². The molecule has 1 aromatic heterocycles. The molecule has 4 aromatic rings. The summed E-state index contributed by atoms with van der Waals surface area (Å²) in [6.45, 7) is 1.94. The van der Waals surface area contributed by atoms with Crippen molar-refractivity contribution < 1.29 is 8.42 Å². The van der Waals surface area contributed by atoms with Crippen molar-refractivity contribution in [2.45, 2.75) is 11.8 Å². The van der Waals surface area contributed by atoms with Crippen molar-refractivity contribution in [3.05, 3.63) is 76.8 Å². The molecule has 0 atom stereocenters. The summed E-state index contributed by atoms with van der Waals surface area (Å²) in [6, 6.07) is 20.1. The van der Waals surface area contributed by atoms with Gasteiger partial charge in [0.05, 0.1) is 15.9 Å². The molecule has 0 bridgehead atoms. The standard InChI is InChI=1S/C19H14BrNO2S/c1-13-9-11-14(12-10-13)24(22,23)21-17-7-3-2-5-15(17)19-16(20)6-4-8-18(19)21/h2-12H,1H3. The van der Waals surface area contributed by atoms with Gasteiger partial charge < -0.3 is 0 Å². The number of nitrogens with zero attached hydrogens (tertiary/aromatic N) is 1. The van der Waals surface area contributed by atoms with E-state index < -0.39 is 10.0 Å². The van der Waals surface area contributed by atoms with Crippen LogP contribution in [0.15, 0.2) is 76.1 Å². The Bertz CT molecular complexity index is 1180. The van der Waals surface area contributed by atoms with E-state index in [1.807, 2.05) is 61.5 Å². The molecule has 0 unspecified atom stereocenters. The lowest BCUT2D eigenvalue weighted by atomic mass is 10.2. The molecular formula is C19H14BrNO2S. The number of aryl methyl sites for hydroxylation is 1. The minimum Gasteiger partial charge on any atom is -0.233 e. The first-order chi connectivity index (χ1) is 11.5. The minimum atomic E-state index is -3.69. The third kappa shape index (κ3) is 2.19. The third-order valence-electron chi connectivity index (χ3n) is 4.16. The van der Waals surface area contributed by atoms with Crippen LogP contribution in [-0.2, 0) is 10.0 Å². The molecule has 0 spiro atoms. The van der Waals surface area contributed by atoms with Gasteiger partial charge in [-0.25, -0.2) is 12.4 Å². The van der Waals surface area contributed by atoms with Gasteiger partial charge in [-0.05, 0) is 37.3 Å². The molecule has 24 heavy (non-hydrogen) atoms. The van der Waals surface area contributed by atoms with E-state index in [0.717, 1.165) is 20.8 Å². The normalized spacial score (nSPS) is 12.1. The fourth-order valence-electron chi connectivity index (χ4n) is 3.02. The van der Waals surface area contributed by atoms with Gasteiger partial charge in [0.25, 0.3) is 10.0 Å². The van der Waals surface area contributed by atoms with E-state index in [4.69, 9.17) is 0 Å². The van der Waals surface area contributed by atoms with Crippen LogP contribution in [0.25, 0.3) is 21.8 Å². The Morgan fingerprint density at radius 3 is 2.25 bits per heavy atom. The molecule has 1 heterocycles. The average Bonchev–Trinajstić information content (AvgIpc) is 2.91. The van der Waals surface area contributed by atoms with E-state index in [9.17, 15) is 8.42 Å². The van der Waals surface area contributed by atoms with E-state index in [2.05, 4.69) is 15.9 Å². The zero-order valence-electron chi connectivity index (χ0n) is 12.9. The molecule has 0 aliphatic rings. The molecule has 3 aromatic carbocycles. The van der Waals surface area contributed by atoms with Gasteiger partial charge in [0, 0.05) is 15.2 Å². The predicted molar refractivity (Wildman–Crippen MR) is 101 cm³/mol. The Hall–Kier alpha value is -2.11. The lowest BCUT2D eigenvalue weighted by Gasteiger charge is -2.09. The van der Waals surface area contributed by atoms with Crippen molar-refractivity contribution in [1.82, 2.24) is 3.97 Å². The zero-order valence-corrected chi connectivity index (χ0v) is 15.3. The van der Waals surface area contributed by atoms with Crippen LogP contribution in [0.4, 0.5) is 0 Å². The number of hydrogen-bond donors (Lipinski definition) is 0. The molecule has 3 nitrogen and oxygen atoms in total. The SMILES string of the molecule is Cc1ccc(S(=O)(=O)n2c3ccccc3c3c(Br)cccc32)cc1. The van der Waals surface area contributed by atoms with E-state index in [0.29, 0.717) is 11.0 Å². The Morgan fingerprint density at radius 1 is 0.833 bits per heavy atom. The molecule has 0 saturated carbocycles. The molecule has 0 amide bonds. The summed E-state index contributed by atoms with van der Waals surface area (Å²) in [5.41, 5.74) is 2.38. The lowest BCUT2D eigenvalue weighted by Crippen LogP contribution is -2.12. The second-order valence-corrected chi connectivity index (χ2v) is 8.37. The molecule has 4 rings (SSSR count). The maximum atomic E-state index is 13.3. The van der Waals surface area contributed by atoms with Crippen molar-refractivity contribution in [3.8, 4) is 0 Å². The second-order valence-electron chi connectivity index (χ2n) is 5.73. The largest absolute Gasteiger partial charge is 0.268 e. The summed E-state index contributed by atoms with van der Waals surface area (Å²) in [4.78, 5) is 0.288. The first-order valence-corrected chi connectivity index (χ1v) is 9.73. The minimum absolute atomic E-state index is 0.288. The third-order valence-corrected chi connectivity index (χ3v) is 6.56. The lowest BCUT2D eigenvalue weighted by molar-refractivity contribution is 0.590. The quantitative estimate of drug-likeness (QED) is 0.470. The number of para-hydroxylation sites is 1. The molecule has 0 aliphatic heterocycles. The smallest absolute Gasteiger partial charge is 0.233 e. The van der Waals surface area contributed by atoms with Crippen molar-refractivity contribution in [1.29, 1.82) is 0 Å². The molecule has 0 fully saturated rings. The first-order valence-electron chi connectivity index (χ1n) is 7.50. The van der Waals surface area contributed by atoms with Crippen molar-refractivity contribution in [2.24, 2.45) is 0 Å². The van der Waals surface area contributed by atoms with Gasteiger partial charge in [0.15, 0.2) is 0 Å². The molecule has 0 saturated heterocycles. The highest BCUT2D eigenvalue weighted by Crippen LogP contribution is 2.36. The fourth-order valence-corrected chi connectivity index (χ4v) is 5.10. The van der Waals surface area contributed by atoms with E-state index in [-0.39, 0.29) is 4.90 Å². The van der Waals surface area contributed by atoms with Gasteiger partial charge >= 0.3 is 0 Å². The summed E-state index contributed by atoms with van der Waals surface area (Å²) >= 11 is 3.56. The van der Waals surface area contributed by atoms with Crippen LogP contribution in [0.1, 0.15) is 5.56 Å². The molecule has 5 heteroatoms. The maximum absolute atomic E-state index is 13.3. The Labute approximate surface area is 148 Å². The predicted octanol–water partition coefficient (Wildman–Crippen LogP) is 5.10. The van der Waals surface area contributed by atoms with Gasteiger partial charge in [0.2, 0.25) is 0 Å². The summed E-state index contributed by atoms with van der Waals surface area (Å²) in [5.74, 6) is 0. The number of fused-ring (bicyclic) bond motifs is 3. The van der Waals surface area contributed by atoms with Gasteiger partial charge in [-0.1, -0.05) is 57.9 Å². The average molecular weight is 400 g/mol. The molecule has 120 valence electrons. The van der Waals surface area contributed by atoms with Crippen molar-refractivity contribution in [3.63, 3.8) is 0 Å². The monoisotopic (exact) mass is 399 g/mol. The zero-order chi connectivity index (χ0) is 16.9. The van der Waals surface area contributed by atoms with Crippen LogP contribution in [0.5, 0.6) is 0 Å². The highest BCUT2D eigenvalue weighted by Gasteiger charge is 2.23. The fraction of sp³-hybridized carbons (Fsp3) is 0.0526. The van der Waals surface area contributed by atoms with Crippen LogP contribution in [0, 0.1) is 6.92 Å².